The van der Waals surface area contributed by atoms with Crippen LogP contribution in [0.2, 0.25) is 0 Å². The van der Waals surface area contributed by atoms with E-state index in [0.29, 0.717) is 12.1 Å². The van der Waals surface area contributed by atoms with Gasteiger partial charge in [0.15, 0.2) is 0 Å². The number of carbonyl (C=O) groups excluding carboxylic acids is 1. The molecule has 0 atom stereocenters. The van der Waals surface area contributed by atoms with Gasteiger partial charge in [-0.15, -0.1) is 0 Å². The number of aryl methyl sites for hydroxylation is 1. The van der Waals surface area contributed by atoms with Gasteiger partial charge in [-0.1, -0.05) is 12.1 Å². The maximum atomic E-state index is 11.9. The predicted molar refractivity (Wildman–Crippen MR) is 121 cm³/mol. The van der Waals surface area contributed by atoms with Crippen LogP contribution in [0.25, 0.3) is 11.3 Å². The molecule has 1 heterocycles. The van der Waals surface area contributed by atoms with Crippen molar-refractivity contribution in [3.8, 4) is 17.0 Å². The molecule has 0 fully saturated rings. The molecule has 0 bridgehead atoms. The minimum absolute atomic E-state index is 0.0867. The van der Waals surface area contributed by atoms with Crippen molar-refractivity contribution in [1.29, 1.82) is 0 Å². The van der Waals surface area contributed by atoms with Crippen molar-refractivity contribution in [1.82, 2.24) is 15.1 Å². The Morgan fingerprint density at radius 2 is 1.93 bits per heavy atom. The van der Waals surface area contributed by atoms with E-state index >= 15 is 0 Å². The van der Waals surface area contributed by atoms with Gasteiger partial charge >= 0.3 is 0 Å². The molecule has 0 aliphatic heterocycles. The molecule has 0 aliphatic rings. The molecule has 158 valence electrons. The maximum Gasteiger partial charge on any atom is 0.251 e. The van der Waals surface area contributed by atoms with Gasteiger partial charge in [-0.2, -0.15) is 5.10 Å². The van der Waals surface area contributed by atoms with Crippen LogP contribution in [0, 0.1) is 6.92 Å². The summed E-state index contributed by atoms with van der Waals surface area (Å²) >= 11 is 0. The van der Waals surface area contributed by atoms with Gasteiger partial charge < -0.3 is 15.4 Å². The van der Waals surface area contributed by atoms with Gasteiger partial charge in [0.1, 0.15) is 5.75 Å². The minimum atomic E-state index is -0.128. The second kappa shape index (κ2) is 8.61. The number of rotatable bonds is 6. The third kappa shape index (κ3) is 4.64. The second-order valence-electron chi connectivity index (χ2n) is 8.31. The number of ether oxygens (including phenoxy) is 1. The van der Waals surface area contributed by atoms with Crippen molar-refractivity contribution in [2.45, 2.75) is 39.8 Å². The summed E-state index contributed by atoms with van der Waals surface area (Å²) in [6.45, 7) is 9.01. The topological polar surface area (TPSA) is 68.2 Å². The molecule has 30 heavy (non-hydrogen) atoms. The Morgan fingerprint density at radius 3 is 2.57 bits per heavy atom. The van der Waals surface area contributed by atoms with Crippen LogP contribution in [-0.2, 0) is 12.1 Å². The minimum Gasteiger partial charge on any atom is -0.497 e. The summed E-state index contributed by atoms with van der Waals surface area (Å²) < 4.78 is 7.39. The highest BCUT2D eigenvalue weighted by Gasteiger charge is 2.19. The Kier molecular flexibility index (Phi) is 6.15. The highest BCUT2D eigenvalue weighted by molar-refractivity contribution is 5.94. The van der Waals surface area contributed by atoms with Gasteiger partial charge in [0.25, 0.3) is 5.91 Å². The lowest BCUT2D eigenvalue weighted by atomic mass is 10.1. The van der Waals surface area contributed by atoms with Crippen LogP contribution in [0.15, 0.2) is 48.7 Å². The van der Waals surface area contributed by atoms with Crippen LogP contribution in [0.4, 0.5) is 5.69 Å². The maximum absolute atomic E-state index is 11.9. The van der Waals surface area contributed by atoms with E-state index in [1.165, 1.54) is 0 Å². The number of hydrogen-bond acceptors (Lipinski definition) is 4. The van der Waals surface area contributed by atoms with Gasteiger partial charge in [-0.3, -0.25) is 9.48 Å². The van der Waals surface area contributed by atoms with E-state index < -0.39 is 0 Å². The number of nitrogens with zero attached hydrogens (tertiary/aromatic N) is 2. The van der Waals surface area contributed by atoms with Crippen LogP contribution in [0.3, 0.4) is 0 Å². The van der Waals surface area contributed by atoms with Gasteiger partial charge in [-0.25, -0.2) is 0 Å². The average Bonchev–Trinajstić information content (AvgIpc) is 3.17. The molecule has 3 aromatic rings. The lowest BCUT2D eigenvalue weighted by molar-refractivity contribution is 0.0963. The van der Waals surface area contributed by atoms with E-state index in [9.17, 15) is 4.79 Å². The number of hydrogen-bond donors (Lipinski definition) is 2. The summed E-state index contributed by atoms with van der Waals surface area (Å²) in [4.78, 5) is 11.9. The summed E-state index contributed by atoms with van der Waals surface area (Å²) in [7, 11) is 3.30. The largest absolute Gasteiger partial charge is 0.497 e. The van der Waals surface area contributed by atoms with Gasteiger partial charge in [0.05, 0.1) is 18.3 Å². The number of nitrogens with one attached hydrogen (secondary N) is 2. The molecule has 0 spiro atoms. The van der Waals surface area contributed by atoms with Crippen LogP contribution in [-0.4, -0.2) is 29.8 Å². The molecule has 0 saturated carbocycles. The molecule has 0 radical (unpaired) electrons. The summed E-state index contributed by atoms with van der Waals surface area (Å²) in [6.07, 6.45) is 2.09. The SMILES string of the molecule is CNC(=O)c1ccc(NCc2cn(C(C)(C)C)nc2-c2cccc(OC)c2)c(C)c1. The third-order valence-electron chi connectivity index (χ3n) is 5.01. The van der Waals surface area contributed by atoms with E-state index in [0.717, 1.165) is 33.8 Å². The number of aromatic nitrogens is 2. The Morgan fingerprint density at radius 1 is 1.17 bits per heavy atom. The quantitative estimate of drug-likeness (QED) is 0.628. The summed E-state index contributed by atoms with van der Waals surface area (Å²) in [6, 6.07) is 13.6. The third-order valence-corrected chi connectivity index (χ3v) is 5.01. The smallest absolute Gasteiger partial charge is 0.251 e. The van der Waals surface area contributed by atoms with Crippen LogP contribution >= 0.6 is 0 Å². The predicted octanol–water partition coefficient (Wildman–Crippen LogP) is 4.59. The van der Waals surface area contributed by atoms with Gasteiger partial charge in [0, 0.05) is 42.2 Å². The number of anilines is 1. The van der Waals surface area contributed by atoms with E-state index in [2.05, 4.69) is 37.6 Å². The van der Waals surface area contributed by atoms with Crippen LogP contribution in [0.5, 0.6) is 5.75 Å². The van der Waals surface area contributed by atoms with Crippen LogP contribution in [0.1, 0.15) is 42.3 Å². The molecule has 2 aromatic carbocycles. The zero-order chi connectivity index (χ0) is 21.9. The molecule has 0 saturated heterocycles. The Labute approximate surface area is 178 Å². The van der Waals surface area contributed by atoms with Crippen LogP contribution < -0.4 is 15.4 Å². The highest BCUT2D eigenvalue weighted by Crippen LogP contribution is 2.29. The van der Waals surface area contributed by atoms with E-state index in [-0.39, 0.29) is 11.4 Å². The first kappa shape index (κ1) is 21.4. The van der Waals surface area contributed by atoms with Crippen molar-refractivity contribution in [3.63, 3.8) is 0 Å². The highest BCUT2D eigenvalue weighted by atomic mass is 16.5. The molecular weight excluding hydrogens is 376 g/mol. The lowest BCUT2D eigenvalue weighted by Gasteiger charge is -2.18. The number of benzene rings is 2. The second-order valence-corrected chi connectivity index (χ2v) is 8.31. The van der Waals surface area contributed by atoms with Crippen molar-refractivity contribution in [3.05, 3.63) is 65.4 Å². The molecule has 6 nitrogen and oxygen atoms in total. The molecular formula is C24H30N4O2. The fraction of sp³-hybridized carbons (Fsp3) is 0.333. The summed E-state index contributed by atoms with van der Waals surface area (Å²) in [5.41, 5.74) is 5.56. The Bertz CT molecular complexity index is 1050. The number of carbonyl (C=O) groups is 1. The molecule has 1 aromatic heterocycles. The van der Waals surface area contributed by atoms with E-state index in [1.54, 1.807) is 14.2 Å². The monoisotopic (exact) mass is 406 g/mol. The van der Waals surface area contributed by atoms with Gasteiger partial charge in [0.2, 0.25) is 0 Å². The van der Waals surface area contributed by atoms with Crippen molar-refractivity contribution < 1.29 is 9.53 Å². The zero-order valence-electron chi connectivity index (χ0n) is 18.5. The number of methoxy groups -OCH3 is 1. The van der Waals surface area contributed by atoms with Crippen molar-refractivity contribution in [2.75, 3.05) is 19.5 Å². The first-order valence-electron chi connectivity index (χ1n) is 10.0. The van der Waals surface area contributed by atoms with Crippen molar-refractivity contribution >= 4 is 11.6 Å². The normalized spacial score (nSPS) is 11.3. The average molecular weight is 407 g/mol. The Hall–Kier alpha value is -3.28. The summed E-state index contributed by atoms with van der Waals surface area (Å²) in [5.74, 6) is 0.716. The molecule has 3 rings (SSSR count). The fourth-order valence-electron chi connectivity index (χ4n) is 3.23. The molecule has 1 amide bonds. The number of amides is 1. The zero-order valence-corrected chi connectivity index (χ0v) is 18.5. The van der Waals surface area contributed by atoms with Gasteiger partial charge in [-0.05, 0) is 63.6 Å². The standard InChI is InChI=1S/C24H30N4O2/c1-16-12-18(23(29)25-5)10-11-21(16)26-14-19-15-28(24(2,3)4)27-22(19)17-8-7-9-20(13-17)30-6/h7-13,15,26H,14H2,1-6H3,(H,25,29). The molecule has 2 N–H and O–H groups in total. The first-order chi connectivity index (χ1) is 14.2. The summed E-state index contributed by atoms with van der Waals surface area (Å²) in [5, 5.41) is 11.0. The molecule has 0 unspecified atom stereocenters. The Balaban J connectivity index is 1.91. The molecule has 6 heteroatoms. The first-order valence-corrected chi connectivity index (χ1v) is 10.0. The fourth-order valence-corrected chi connectivity index (χ4v) is 3.23. The lowest BCUT2D eigenvalue weighted by Crippen LogP contribution is -2.22. The van der Waals surface area contributed by atoms with E-state index in [4.69, 9.17) is 9.84 Å². The molecule has 0 aliphatic carbocycles. The van der Waals surface area contributed by atoms with Crippen molar-refractivity contribution in [2.24, 2.45) is 0 Å². The van der Waals surface area contributed by atoms with E-state index in [1.807, 2.05) is 54.1 Å².